The molecule has 0 fully saturated rings. The number of ether oxygens (including phenoxy) is 1. The smallest absolute Gasteiger partial charge is 0.230 e. The minimum absolute atomic E-state index is 0.252. The second kappa shape index (κ2) is 4.20. The zero-order valence-electron chi connectivity index (χ0n) is 10.8. The third-order valence-electron chi connectivity index (χ3n) is 2.49. The first-order chi connectivity index (χ1) is 8.04. The molecule has 0 aliphatic heterocycles. The van der Waals surface area contributed by atoms with Crippen LogP contribution in [-0.2, 0) is 0 Å². The highest BCUT2D eigenvalue weighted by atomic mass is 16.5. The molecule has 0 unspecified atom stereocenters. The molecule has 0 saturated heterocycles. The molecule has 0 radical (unpaired) electrons. The van der Waals surface area contributed by atoms with E-state index in [1.54, 1.807) is 13.3 Å². The largest absolute Gasteiger partial charge is 0.480 e. The number of fused-ring (bicyclic) bond motifs is 1. The van der Waals surface area contributed by atoms with E-state index in [1.807, 2.05) is 23.7 Å². The molecule has 6 nitrogen and oxygen atoms in total. The van der Waals surface area contributed by atoms with Crippen molar-refractivity contribution in [1.29, 1.82) is 0 Å². The summed E-state index contributed by atoms with van der Waals surface area (Å²) in [5, 5.41) is 5.16. The molecule has 2 aromatic heterocycles. The van der Waals surface area contributed by atoms with Crippen molar-refractivity contribution in [3.05, 3.63) is 6.20 Å². The lowest BCUT2D eigenvalue weighted by atomic mass is 10.4. The quantitative estimate of drug-likeness (QED) is 0.806. The molecule has 17 heavy (non-hydrogen) atoms. The van der Waals surface area contributed by atoms with Gasteiger partial charge in [-0.15, -0.1) is 0 Å². The summed E-state index contributed by atoms with van der Waals surface area (Å²) in [4.78, 5) is 10.7. The fourth-order valence-corrected chi connectivity index (χ4v) is 1.62. The summed E-state index contributed by atoms with van der Waals surface area (Å²) < 4.78 is 7.15. The number of nitrogens with zero attached hydrogens (tertiary/aromatic N) is 5. The Balaban J connectivity index is 2.72. The highest BCUT2D eigenvalue weighted by Gasteiger charge is 2.15. The SMILES string of the molecule is COc1nc(N(C)C)nc2c1cnn2C(C)C. The van der Waals surface area contributed by atoms with Crippen LogP contribution < -0.4 is 9.64 Å². The van der Waals surface area contributed by atoms with E-state index in [0.717, 1.165) is 11.0 Å². The zero-order valence-corrected chi connectivity index (χ0v) is 10.8. The molecule has 0 spiro atoms. The maximum atomic E-state index is 5.28. The van der Waals surface area contributed by atoms with Crippen molar-refractivity contribution >= 4 is 17.0 Å². The van der Waals surface area contributed by atoms with Crippen molar-refractivity contribution in [1.82, 2.24) is 19.7 Å². The molecule has 0 bridgehead atoms. The molecule has 0 amide bonds. The van der Waals surface area contributed by atoms with Crippen molar-refractivity contribution in [3.63, 3.8) is 0 Å². The molecule has 2 heterocycles. The van der Waals surface area contributed by atoms with Crippen LogP contribution in [0.3, 0.4) is 0 Å². The molecule has 92 valence electrons. The van der Waals surface area contributed by atoms with Gasteiger partial charge in [-0.1, -0.05) is 0 Å². The average Bonchev–Trinajstić information content (AvgIpc) is 2.70. The normalized spacial score (nSPS) is 11.2. The molecule has 0 saturated carbocycles. The van der Waals surface area contributed by atoms with Gasteiger partial charge in [0.2, 0.25) is 11.8 Å². The molecule has 2 rings (SSSR count). The van der Waals surface area contributed by atoms with Crippen LogP contribution in [0.15, 0.2) is 6.20 Å². The Hall–Kier alpha value is -1.85. The Labute approximate surface area is 100 Å². The highest BCUT2D eigenvalue weighted by Crippen LogP contribution is 2.25. The van der Waals surface area contributed by atoms with Gasteiger partial charge in [0.05, 0.1) is 13.3 Å². The number of aromatic nitrogens is 4. The van der Waals surface area contributed by atoms with Crippen LogP contribution >= 0.6 is 0 Å². The summed E-state index contributed by atoms with van der Waals surface area (Å²) in [6, 6.07) is 0.252. The van der Waals surface area contributed by atoms with Gasteiger partial charge in [-0.2, -0.15) is 15.1 Å². The van der Waals surface area contributed by atoms with Crippen LogP contribution in [0.4, 0.5) is 5.95 Å². The molecule has 0 N–H and O–H groups in total. The summed E-state index contributed by atoms with van der Waals surface area (Å²) in [6.45, 7) is 4.13. The third kappa shape index (κ3) is 1.90. The Morgan fingerprint density at radius 1 is 1.29 bits per heavy atom. The van der Waals surface area contributed by atoms with Crippen molar-refractivity contribution in [2.75, 3.05) is 26.1 Å². The molecule has 2 aromatic rings. The average molecular weight is 235 g/mol. The summed E-state index contributed by atoms with van der Waals surface area (Å²) in [5.41, 5.74) is 0.801. The first kappa shape index (κ1) is 11.6. The summed E-state index contributed by atoms with van der Waals surface area (Å²) in [6.07, 6.45) is 1.74. The van der Waals surface area contributed by atoms with Crippen LogP contribution in [-0.4, -0.2) is 41.0 Å². The van der Waals surface area contributed by atoms with Gasteiger partial charge in [0.1, 0.15) is 5.39 Å². The lowest BCUT2D eigenvalue weighted by molar-refractivity contribution is 0.402. The topological polar surface area (TPSA) is 56.1 Å². The second-order valence-corrected chi connectivity index (χ2v) is 4.35. The van der Waals surface area contributed by atoms with E-state index in [-0.39, 0.29) is 6.04 Å². The fraction of sp³-hybridized carbons (Fsp3) is 0.545. The van der Waals surface area contributed by atoms with Gasteiger partial charge >= 0.3 is 0 Å². The number of anilines is 1. The molecule has 0 atom stereocenters. The zero-order chi connectivity index (χ0) is 12.6. The van der Waals surface area contributed by atoms with Gasteiger partial charge in [0, 0.05) is 20.1 Å². The Morgan fingerprint density at radius 2 is 2.00 bits per heavy atom. The monoisotopic (exact) mass is 235 g/mol. The number of hydrogen-bond donors (Lipinski definition) is 0. The van der Waals surface area contributed by atoms with E-state index in [1.165, 1.54) is 0 Å². The van der Waals surface area contributed by atoms with Crippen LogP contribution in [0.1, 0.15) is 19.9 Å². The van der Waals surface area contributed by atoms with E-state index in [2.05, 4.69) is 28.9 Å². The summed E-state index contributed by atoms with van der Waals surface area (Å²) in [7, 11) is 5.40. The Bertz CT molecular complexity index is 532. The van der Waals surface area contributed by atoms with Crippen molar-refractivity contribution in [2.24, 2.45) is 0 Å². The molecule has 0 aliphatic rings. The predicted octanol–water partition coefficient (Wildman–Crippen LogP) is 1.48. The standard InChI is InChI=1S/C11H17N5O/c1-7(2)16-9-8(6-12-16)10(17-5)14-11(13-9)15(3)4/h6-7H,1-5H3. The summed E-state index contributed by atoms with van der Waals surface area (Å²) >= 11 is 0. The van der Waals surface area contributed by atoms with Crippen molar-refractivity contribution in [2.45, 2.75) is 19.9 Å². The van der Waals surface area contributed by atoms with Gasteiger partial charge < -0.3 is 9.64 Å². The molecule has 6 heteroatoms. The second-order valence-electron chi connectivity index (χ2n) is 4.35. The van der Waals surface area contributed by atoms with E-state index in [9.17, 15) is 0 Å². The Kier molecular flexibility index (Phi) is 2.87. The van der Waals surface area contributed by atoms with Gasteiger partial charge in [0.15, 0.2) is 5.65 Å². The summed E-state index contributed by atoms with van der Waals surface area (Å²) in [5.74, 6) is 1.18. The van der Waals surface area contributed by atoms with Crippen LogP contribution in [0.25, 0.3) is 11.0 Å². The lowest BCUT2D eigenvalue weighted by Crippen LogP contribution is -2.14. The number of rotatable bonds is 3. The van der Waals surface area contributed by atoms with Crippen LogP contribution in [0.2, 0.25) is 0 Å². The number of methoxy groups -OCH3 is 1. The fourth-order valence-electron chi connectivity index (χ4n) is 1.62. The first-order valence-electron chi connectivity index (χ1n) is 5.51. The Morgan fingerprint density at radius 3 is 2.53 bits per heavy atom. The van der Waals surface area contributed by atoms with Gasteiger partial charge in [-0.3, -0.25) is 0 Å². The van der Waals surface area contributed by atoms with Crippen LogP contribution in [0, 0.1) is 0 Å². The predicted molar refractivity (Wildman–Crippen MR) is 66.6 cm³/mol. The van der Waals surface area contributed by atoms with E-state index < -0.39 is 0 Å². The first-order valence-corrected chi connectivity index (χ1v) is 5.51. The minimum atomic E-state index is 0.252. The maximum absolute atomic E-state index is 5.28. The third-order valence-corrected chi connectivity index (χ3v) is 2.49. The maximum Gasteiger partial charge on any atom is 0.230 e. The van der Waals surface area contributed by atoms with Crippen molar-refractivity contribution < 1.29 is 4.74 Å². The van der Waals surface area contributed by atoms with Crippen LogP contribution in [0.5, 0.6) is 5.88 Å². The van der Waals surface area contributed by atoms with E-state index >= 15 is 0 Å². The van der Waals surface area contributed by atoms with Crippen molar-refractivity contribution in [3.8, 4) is 5.88 Å². The molecule has 0 aliphatic carbocycles. The molecular weight excluding hydrogens is 218 g/mol. The highest BCUT2D eigenvalue weighted by molar-refractivity contribution is 5.81. The van der Waals surface area contributed by atoms with Gasteiger partial charge in [0.25, 0.3) is 0 Å². The van der Waals surface area contributed by atoms with E-state index in [4.69, 9.17) is 4.74 Å². The van der Waals surface area contributed by atoms with Gasteiger partial charge in [-0.05, 0) is 13.8 Å². The molecular formula is C11H17N5O. The van der Waals surface area contributed by atoms with E-state index in [0.29, 0.717) is 11.8 Å². The van der Waals surface area contributed by atoms with Gasteiger partial charge in [-0.25, -0.2) is 4.68 Å². The molecule has 0 aromatic carbocycles. The minimum Gasteiger partial charge on any atom is -0.480 e. The number of hydrogen-bond acceptors (Lipinski definition) is 5. The lowest BCUT2D eigenvalue weighted by Gasteiger charge is -2.13.